The lowest BCUT2D eigenvalue weighted by Crippen LogP contribution is -2.33. The molecular formula is C15H22N2S. The molecule has 0 radical (unpaired) electrons. The van der Waals surface area contributed by atoms with Crippen LogP contribution in [0, 0.1) is 25.2 Å². The average Bonchev–Trinajstić information content (AvgIpc) is 2.33. The second-order valence-electron chi connectivity index (χ2n) is 5.10. The molecule has 0 bridgehead atoms. The monoisotopic (exact) mass is 262 g/mol. The van der Waals surface area contributed by atoms with Gasteiger partial charge in [-0.05, 0) is 57.4 Å². The summed E-state index contributed by atoms with van der Waals surface area (Å²) in [6.07, 6.45) is 2.89. The van der Waals surface area contributed by atoms with Crippen LogP contribution in [0.5, 0.6) is 0 Å². The van der Waals surface area contributed by atoms with E-state index in [1.807, 2.05) is 11.8 Å². The van der Waals surface area contributed by atoms with E-state index in [9.17, 15) is 0 Å². The molecule has 0 saturated carbocycles. The molecule has 2 N–H and O–H groups in total. The Morgan fingerprint density at radius 2 is 2.06 bits per heavy atom. The zero-order chi connectivity index (χ0) is 13.6. The van der Waals surface area contributed by atoms with Crippen molar-refractivity contribution in [3.63, 3.8) is 0 Å². The molecule has 0 aromatic heterocycles. The van der Waals surface area contributed by atoms with Gasteiger partial charge in [-0.2, -0.15) is 5.26 Å². The van der Waals surface area contributed by atoms with Crippen molar-refractivity contribution < 1.29 is 0 Å². The molecule has 0 aliphatic carbocycles. The van der Waals surface area contributed by atoms with Gasteiger partial charge in [-0.25, -0.2) is 0 Å². The fourth-order valence-corrected chi connectivity index (χ4v) is 2.83. The molecule has 18 heavy (non-hydrogen) atoms. The first-order chi connectivity index (χ1) is 8.44. The summed E-state index contributed by atoms with van der Waals surface area (Å²) in [7, 11) is 0. The summed E-state index contributed by atoms with van der Waals surface area (Å²) in [4.78, 5) is 1.37. The van der Waals surface area contributed by atoms with Gasteiger partial charge in [-0.15, -0.1) is 11.8 Å². The predicted octanol–water partition coefficient (Wildman–Crippen LogP) is 3.81. The molecule has 0 heterocycles. The van der Waals surface area contributed by atoms with Gasteiger partial charge in [0.25, 0.3) is 0 Å². The lowest BCUT2D eigenvalue weighted by atomic mass is 9.99. The van der Waals surface area contributed by atoms with E-state index in [4.69, 9.17) is 11.0 Å². The van der Waals surface area contributed by atoms with Crippen molar-refractivity contribution in [2.75, 3.05) is 5.75 Å². The Bertz CT molecular complexity index is 433. The Labute approximate surface area is 115 Å². The number of hydrogen-bond donors (Lipinski definition) is 1. The third-order valence-corrected chi connectivity index (χ3v) is 4.19. The molecule has 1 unspecified atom stereocenters. The largest absolute Gasteiger partial charge is 0.314 e. The predicted molar refractivity (Wildman–Crippen MR) is 78.7 cm³/mol. The number of thioether (sulfide) groups is 1. The van der Waals surface area contributed by atoms with Gasteiger partial charge in [0.1, 0.15) is 5.54 Å². The molecular weight excluding hydrogens is 240 g/mol. The van der Waals surface area contributed by atoms with Crippen LogP contribution in [-0.4, -0.2) is 11.3 Å². The van der Waals surface area contributed by atoms with E-state index in [0.29, 0.717) is 0 Å². The molecule has 0 aliphatic heterocycles. The smallest absolute Gasteiger partial charge is 0.101 e. The van der Waals surface area contributed by atoms with E-state index < -0.39 is 5.54 Å². The first kappa shape index (κ1) is 15.1. The minimum atomic E-state index is -0.663. The van der Waals surface area contributed by atoms with Crippen LogP contribution in [0.2, 0.25) is 0 Å². The maximum Gasteiger partial charge on any atom is 0.101 e. The number of nitrogens with two attached hydrogens (primary N) is 1. The average molecular weight is 262 g/mol. The Balaban J connectivity index is 2.30. The molecule has 0 fully saturated rings. The molecule has 98 valence electrons. The van der Waals surface area contributed by atoms with Gasteiger partial charge >= 0.3 is 0 Å². The number of rotatable bonds is 6. The van der Waals surface area contributed by atoms with Crippen LogP contribution < -0.4 is 5.73 Å². The van der Waals surface area contributed by atoms with Gasteiger partial charge in [0.05, 0.1) is 6.07 Å². The standard InChI is InChI=1S/C15H22N2S/c1-12-6-7-13(2)14(10-12)18-9-5-4-8-15(3,17)11-16/h6-7,10H,4-5,8-9,17H2,1-3H3. The maximum absolute atomic E-state index is 8.82. The highest BCUT2D eigenvalue weighted by Crippen LogP contribution is 2.25. The number of nitrogens with zero attached hydrogens (tertiary/aromatic N) is 1. The van der Waals surface area contributed by atoms with Crippen molar-refractivity contribution in [1.29, 1.82) is 5.26 Å². The summed E-state index contributed by atoms with van der Waals surface area (Å²) in [5.41, 5.74) is 7.77. The van der Waals surface area contributed by atoms with Crippen LogP contribution in [0.1, 0.15) is 37.3 Å². The first-order valence-electron chi connectivity index (χ1n) is 6.35. The van der Waals surface area contributed by atoms with Crippen molar-refractivity contribution >= 4 is 11.8 Å². The van der Waals surface area contributed by atoms with Crippen molar-refractivity contribution in [2.45, 2.75) is 50.5 Å². The molecule has 1 rings (SSSR count). The molecule has 0 spiro atoms. The second-order valence-corrected chi connectivity index (χ2v) is 6.24. The summed E-state index contributed by atoms with van der Waals surface area (Å²) >= 11 is 1.90. The SMILES string of the molecule is Cc1ccc(C)c(SCCCCC(C)(N)C#N)c1. The molecule has 0 aliphatic rings. The molecule has 2 nitrogen and oxygen atoms in total. The molecule has 0 amide bonds. The Hall–Kier alpha value is -0.980. The highest BCUT2D eigenvalue weighted by atomic mass is 32.2. The Morgan fingerprint density at radius 1 is 1.33 bits per heavy atom. The van der Waals surface area contributed by atoms with Crippen molar-refractivity contribution in [2.24, 2.45) is 5.73 Å². The molecule has 1 atom stereocenters. The van der Waals surface area contributed by atoms with E-state index in [-0.39, 0.29) is 0 Å². The van der Waals surface area contributed by atoms with Crippen LogP contribution in [0.15, 0.2) is 23.1 Å². The summed E-state index contributed by atoms with van der Waals surface area (Å²) in [5, 5.41) is 8.82. The Kier molecular flexibility index (Phi) is 5.71. The van der Waals surface area contributed by atoms with Crippen molar-refractivity contribution in [3.8, 4) is 6.07 Å². The lowest BCUT2D eigenvalue weighted by Gasteiger charge is -2.14. The third kappa shape index (κ3) is 5.12. The molecule has 0 saturated heterocycles. The number of benzene rings is 1. The van der Waals surface area contributed by atoms with E-state index >= 15 is 0 Å². The van der Waals surface area contributed by atoms with Gasteiger partial charge < -0.3 is 5.73 Å². The van der Waals surface area contributed by atoms with Gasteiger partial charge in [-0.3, -0.25) is 0 Å². The summed E-state index contributed by atoms with van der Waals surface area (Å²) in [6, 6.07) is 8.69. The molecule has 3 heteroatoms. The summed E-state index contributed by atoms with van der Waals surface area (Å²) in [6.45, 7) is 6.07. The van der Waals surface area contributed by atoms with Crippen molar-refractivity contribution in [1.82, 2.24) is 0 Å². The maximum atomic E-state index is 8.82. The van der Waals surface area contributed by atoms with Crippen molar-refractivity contribution in [3.05, 3.63) is 29.3 Å². The fraction of sp³-hybridized carbons (Fsp3) is 0.533. The minimum Gasteiger partial charge on any atom is -0.314 e. The second kappa shape index (κ2) is 6.82. The normalized spacial score (nSPS) is 13.9. The number of unbranched alkanes of at least 4 members (excludes halogenated alkanes) is 1. The van der Waals surface area contributed by atoms with E-state index in [0.717, 1.165) is 25.0 Å². The number of aryl methyl sites for hydroxylation is 2. The summed E-state index contributed by atoms with van der Waals surface area (Å²) in [5.74, 6) is 1.09. The fourth-order valence-electron chi connectivity index (χ4n) is 1.70. The minimum absolute atomic E-state index is 0.663. The highest BCUT2D eigenvalue weighted by molar-refractivity contribution is 7.99. The van der Waals surface area contributed by atoms with Gasteiger partial charge in [0.2, 0.25) is 0 Å². The van der Waals surface area contributed by atoms with Gasteiger partial charge in [0.15, 0.2) is 0 Å². The topological polar surface area (TPSA) is 49.8 Å². The zero-order valence-corrected chi connectivity index (χ0v) is 12.3. The first-order valence-corrected chi connectivity index (χ1v) is 7.33. The quantitative estimate of drug-likeness (QED) is 0.626. The number of hydrogen-bond acceptors (Lipinski definition) is 3. The highest BCUT2D eigenvalue weighted by Gasteiger charge is 2.15. The van der Waals surface area contributed by atoms with Crippen LogP contribution in [0.25, 0.3) is 0 Å². The lowest BCUT2D eigenvalue weighted by molar-refractivity contribution is 0.519. The number of nitriles is 1. The van der Waals surface area contributed by atoms with Gasteiger partial charge in [-0.1, -0.05) is 17.7 Å². The summed E-state index contributed by atoms with van der Waals surface area (Å²) < 4.78 is 0. The molecule has 1 aromatic rings. The van der Waals surface area contributed by atoms with E-state index in [1.165, 1.54) is 16.0 Å². The van der Waals surface area contributed by atoms with Crippen LogP contribution in [-0.2, 0) is 0 Å². The zero-order valence-electron chi connectivity index (χ0n) is 11.5. The van der Waals surface area contributed by atoms with E-state index in [1.54, 1.807) is 6.92 Å². The third-order valence-electron chi connectivity index (χ3n) is 2.95. The Morgan fingerprint density at radius 3 is 2.72 bits per heavy atom. The van der Waals surface area contributed by atoms with Crippen LogP contribution >= 0.6 is 11.8 Å². The van der Waals surface area contributed by atoms with Gasteiger partial charge in [0, 0.05) is 4.90 Å². The van der Waals surface area contributed by atoms with Crippen LogP contribution in [0.4, 0.5) is 0 Å². The molecule has 1 aromatic carbocycles. The van der Waals surface area contributed by atoms with Crippen LogP contribution in [0.3, 0.4) is 0 Å². The van der Waals surface area contributed by atoms with E-state index in [2.05, 4.69) is 38.1 Å².